The second-order valence-corrected chi connectivity index (χ2v) is 30.7. The minimum absolute atomic E-state index is 0.0234. The third-order valence-electron chi connectivity index (χ3n) is 12.3. The molecule has 0 saturated heterocycles. The van der Waals surface area contributed by atoms with E-state index in [4.69, 9.17) is 14.8 Å². The summed E-state index contributed by atoms with van der Waals surface area (Å²) in [6.45, 7) is -1.87. The van der Waals surface area contributed by atoms with E-state index in [2.05, 4.69) is 59.3 Å². The maximum atomic E-state index is 15.3. The molecule has 0 saturated carbocycles. The molecule has 38 nitrogen and oxygen atoms in total. The molecule has 0 radical (unpaired) electrons. The highest BCUT2D eigenvalue weighted by Crippen LogP contribution is 2.57. The number of nitrogens with zero attached hydrogens (tertiary/aromatic N) is 10. The fourth-order valence-corrected chi connectivity index (χ4v) is 13.8. The standard InChI is InChI=1S/C46H43FN12O26S8/c1-59(28-7-12-31-23(18-28)19-35(90(72,73)74)40(42(31)60)57-54-26-4-10-30(11-5-26)87(64,65)17-15-85-93(81,82)83)46-51-44(47)50-45(52-46)49-27-6-13-33(88(66,67)68)32(22-27)55-58-41-36(91(75,76)77)21-24-20-34(89(69,70)71)39(38(48)37(24)43(41)61)56-53-25-2-8-29(9-3-25)86(62,63)16-14-84-92(78,79)80/h2-13,18-22,60-61,72-77H,14-17,48H2,1H3,(H,66,67,68)(H,69,70,71)(H,78,79,80)(H,81,82,83)(H,49,50,51,52). The van der Waals surface area contributed by atoms with Gasteiger partial charge in [0.05, 0.1) is 66.7 Å². The highest BCUT2D eigenvalue weighted by Gasteiger charge is 2.31. The highest BCUT2D eigenvalue weighted by atomic mass is 32.3. The van der Waals surface area contributed by atoms with Gasteiger partial charge in [0.25, 0.3) is 20.2 Å². The molecule has 7 aromatic carbocycles. The molecule has 0 atom stereocenters. The third-order valence-corrected chi connectivity index (χ3v) is 20.2. The minimum Gasteiger partial charge on any atom is -0.505 e. The number of halogens is 1. The molecule has 0 spiro atoms. The van der Waals surface area contributed by atoms with Crippen LogP contribution < -0.4 is 16.0 Å². The van der Waals surface area contributed by atoms with Gasteiger partial charge in [0.2, 0.25) is 11.9 Å². The van der Waals surface area contributed by atoms with Gasteiger partial charge >= 0.3 is 26.9 Å². The first kappa shape index (κ1) is 70.6. The van der Waals surface area contributed by atoms with Gasteiger partial charge in [-0.1, -0.05) is 0 Å². The number of hydrogen-bond acceptors (Lipinski definition) is 34. The average molecular weight is 1460 g/mol. The van der Waals surface area contributed by atoms with Crippen LogP contribution in [0.5, 0.6) is 11.5 Å². The molecule has 0 aliphatic rings. The smallest absolute Gasteiger partial charge is 0.397 e. The molecule has 0 aliphatic carbocycles. The van der Waals surface area contributed by atoms with Crippen molar-refractivity contribution in [1.29, 1.82) is 0 Å². The topological polar surface area (TPSA) is 620 Å². The number of anilines is 5. The highest BCUT2D eigenvalue weighted by molar-refractivity contribution is 8.19. The van der Waals surface area contributed by atoms with Gasteiger partial charge in [0.1, 0.15) is 54.3 Å². The van der Waals surface area contributed by atoms with Crippen LogP contribution in [0.25, 0.3) is 21.5 Å². The van der Waals surface area contributed by atoms with Crippen LogP contribution in [0, 0.1) is 6.08 Å². The van der Waals surface area contributed by atoms with Crippen LogP contribution in [-0.2, 0) is 69.1 Å². The van der Waals surface area contributed by atoms with Gasteiger partial charge in [-0.05, 0) is 114 Å². The number of nitrogens with two attached hydrogens (primary N) is 1. The van der Waals surface area contributed by atoms with E-state index < -0.39 is 200 Å². The number of nitrogens with one attached hydrogen (secondary N) is 1. The summed E-state index contributed by atoms with van der Waals surface area (Å²) in [5.41, 5.74) is 1.38. The predicted molar refractivity (Wildman–Crippen MR) is 325 cm³/mol. The molecule has 0 unspecified atom stereocenters. The Kier molecular flexibility index (Phi) is 19.9. The van der Waals surface area contributed by atoms with Crippen molar-refractivity contribution in [3.63, 3.8) is 0 Å². The lowest BCUT2D eigenvalue weighted by atomic mass is 10.1. The fraction of sp³-hybridized carbons (Fsp3) is 0.109. The number of phenolic OH excluding ortho intramolecular Hbond substituents is 2. The van der Waals surface area contributed by atoms with Crippen molar-refractivity contribution in [2.75, 3.05) is 47.7 Å². The van der Waals surface area contributed by atoms with E-state index in [0.717, 1.165) is 77.7 Å². The summed E-state index contributed by atoms with van der Waals surface area (Å²) in [7, 11) is -37.4. The third kappa shape index (κ3) is 17.1. The molecule has 1 heterocycles. The first-order valence-corrected chi connectivity index (χ1v) is 36.4. The molecule has 0 amide bonds. The number of fused-ring (bicyclic) bond motifs is 2. The molecule has 498 valence electrons. The van der Waals surface area contributed by atoms with Gasteiger partial charge in [0, 0.05) is 23.8 Å². The van der Waals surface area contributed by atoms with E-state index in [9.17, 15) is 97.1 Å². The van der Waals surface area contributed by atoms with Crippen LogP contribution in [0.15, 0.2) is 163 Å². The van der Waals surface area contributed by atoms with Gasteiger partial charge in [0.15, 0.2) is 31.2 Å². The number of azo groups is 3. The van der Waals surface area contributed by atoms with E-state index in [-0.39, 0.29) is 38.4 Å². The number of aromatic nitrogens is 3. The van der Waals surface area contributed by atoms with Crippen molar-refractivity contribution in [1.82, 2.24) is 15.0 Å². The maximum absolute atomic E-state index is 15.3. The Bertz CT molecular complexity index is 5150. The molecule has 0 fully saturated rings. The van der Waals surface area contributed by atoms with E-state index >= 15 is 4.39 Å². The largest absolute Gasteiger partial charge is 0.505 e. The van der Waals surface area contributed by atoms with Crippen molar-refractivity contribution in [3.8, 4) is 11.5 Å². The molecular weight excluding hydrogens is 1410 g/mol. The van der Waals surface area contributed by atoms with Crippen LogP contribution in [0.4, 0.5) is 67.5 Å². The second-order valence-electron chi connectivity index (χ2n) is 18.6. The molecule has 15 N–H and O–H groups in total. The van der Waals surface area contributed by atoms with Crippen LogP contribution in [0.3, 0.4) is 0 Å². The normalized spacial score (nSPS) is 13.6. The van der Waals surface area contributed by atoms with Crippen molar-refractivity contribution in [2.24, 2.45) is 30.7 Å². The first-order chi connectivity index (χ1) is 42.9. The van der Waals surface area contributed by atoms with Crippen LogP contribution in [-0.4, -0.2) is 153 Å². The van der Waals surface area contributed by atoms with Gasteiger partial charge < -0.3 is 53.5 Å². The zero-order valence-electron chi connectivity index (χ0n) is 45.9. The SMILES string of the molecule is CN(c1ccc2c(O)c(N=Nc3ccc(S(=O)(=O)CCOS(=O)(=O)O)cc3)c(S(O)(O)O)cc2c1)c1nc(F)nc(Nc2ccc(S(=O)(=O)O)c(N=Nc3c(S(O)(O)O)cc4cc(S(=O)(=O)O)c(N=Nc5ccc(S(=O)(=O)CCOS(=O)(=O)O)cc5)c(N)c4c3O)c2)n1. The number of aromatic hydroxyl groups is 2. The number of sulfone groups is 2. The van der Waals surface area contributed by atoms with Crippen LogP contribution >= 0.6 is 21.7 Å². The lowest BCUT2D eigenvalue weighted by Gasteiger charge is -2.23. The quantitative estimate of drug-likeness (QED) is 0.0152. The molecule has 1 aromatic heterocycles. The van der Waals surface area contributed by atoms with Crippen LogP contribution in [0.2, 0.25) is 0 Å². The molecule has 0 bridgehead atoms. The molecule has 47 heteroatoms. The lowest BCUT2D eigenvalue weighted by Crippen LogP contribution is -2.16. The zero-order chi connectivity index (χ0) is 68.8. The Morgan fingerprint density at radius 3 is 1.48 bits per heavy atom. The minimum atomic E-state index is -5.38. The van der Waals surface area contributed by atoms with Gasteiger partial charge in [-0.3, -0.25) is 18.2 Å². The van der Waals surface area contributed by atoms with Crippen molar-refractivity contribution in [2.45, 2.75) is 29.4 Å². The summed E-state index contributed by atoms with van der Waals surface area (Å²) >= 11 is 0. The molecule has 0 aliphatic heterocycles. The number of rotatable bonds is 24. The summed E-state index contributed by atoms with van der Waals surface area (Å²) in [5.74, 6) is -4.90. The van der Waals surface area contributed by atoms with Crippen molar-refractivity contribution in [3.05, 3.63) is 109 Å². The molecule has 93 heavy (non-hydrogen) atoms. The summed E-state index contributed by atoms with van der Waals surface area (Å²) in [5, 5.41) is 47.0. The molecular formula is C46H43FN12O26S8. The van der Waals surface area contributed by atoms with Crippen molar-refractivity contribution < 1.29 is 119 Å². The number of phenols is 2. The fourth-order valence-electron chi connectivity index (χ4n) is 8.14. The summed E-state index contributed by atoms with van der Waals surface area (Å²) in [6, 6.07) is 16.9. The number of nitrogen functional groups attached to an aromatic ring is 1. The molecule has 8 rings (SSSR count). The monoisotopic (exact) mass is 1450 g/mol. The van der Waals surface area contributed by atoms with Crippen LogP contribution in [0.1, 0.15) is 0 Å². The Hall–Kier alpha value is -8.28. The summed E-state index contributed by atoms with van der Waals surface area (Å²) in [6.07, 6.45) is -1.45. The predicted octanol–water partition coefficient (Wildman–Crippen LogP) is 8.91. The Morgan fingerprint density at radius 1 is 0.516 bits per heavy atom. The molecule has 8 aromatic rings. The zero-order valence-corrected chi connectivity index (χ0v) is 52.5. The average Bonchev–Trinajstić information content (AvgIpc) is 0.748. The van der Waals surface area contributed by atoms with E-state index in [1.807, 2.05) is 0 Å². The first-order valence-electron chi connectivity index (χ1n) is 24.5. The van der Waals surface area contributed by atoms with Gasteiger partial charge in [-0.25, -0.2) is 25.2 Å². The van der Waals surface area contributed by atoms with Gasteiger partial charge in [-0.15, -0.1) is 20.5 Å². The Labute approximate surface area is 526 Å². The Balaban J connectivity index is 1.09. The summed E-state index contributed by atoms with van der Waals surface area (Å²) in [4.78, 5) is 7.73. The van der Waals surface area contributed by atoms with Gasteiger partial charge in [-0.2, -0.15) is 63.2 Å². The van der Waals surface area contributed by atoms with Crippen molar-refractivity contribution >= 4 is 167 Å². The maximum Gasteiger partial charge on any atom is 0.397 e. The Morgan fingerprint density at radius 2 is 0.989 bits per heavy atom. The second kappa shape index (κ2) is 26.3. The number of hydrogen-bond donors (Lipinski definition) is 14. The van der Waals surface area contributed by atoms with E-state index in [0.29, 0.717) is 12.1 Å². The van der Waals surface area contributed by atoms with E-state index in [1.165, 1.54) is 25.2 Å². The number of benzene rings is 7. The summed E-state index contributed by atoms with van der Waals surface area (Å²) < 4.78 is 269. The lowest BCUT2D eigenvalue weighted by molar-refractivity contribution is 0.282. The van der Waals surface area contributed by atoms with E-state index in [1.54, 1.807) is 0 Å².